The average Bonchev–Trinajstić information content (AvgIpc) is 2.79. The van der Waals surface area contributed by atoms with Crippen LogP contribution in [0.15, 0.2) is 42.6 Å². The Morgan fingerprint density at radius 3 is 2.75 bits per heavy atom. The fraction of sp³-hybridized carbons (Fsp3) is 0.250. The summed E-state index contributed by atoms with van der Waals surface area (Å²) >= 11 is 0. The molecule has 1 unspecified atom stereocenters. The lowest BCUT2D eigenvalue weighted by molar-refractivity contribution is 0.692. The molecular formula is C16H18N4. The zero-order chi connectivity index (χ0) is 14.1. The molecule has 0 aliphatic carbocycles. The van der Waals surface area contributed by atoms with Crippen LogP contribution in [-0.4, -0.2) is 14.8 Å². The first kappa shape index (κ1) is 12.8. The Balaban J connectivity index is 1.87. The zero-order valence-electron chi connectivity index (χ0n) is 11.7. The molecule has 102 valence electrons. The summed E-state index contributed by atoms with van der Waals surface area (Å²) in [6, 6.07) is 12.2. The molecule has 3 rings (SSSR count). The van der Waals surface area contributed by atoms with Crippen molar-refractivity contribution in [3.05, 3.63) is 59.5 Å². The molecule has 0 saturated heterocycles. The van der Waals surface area contributed by atoms with Crippen LogP contribution in [-0.2, 0) is 13.5 Å². The average molecular weight is 266 g/mol. The molecule has 0 radical (unpaired) electrons. The Morgan fingerprint density at radius 2 is 2.00 bits per heavy atom. The number of hydrogen-bond donors (Lipinski definition) is 1. The van der Waals surface area contributed by atoms with E-state index in [2.05, 4.69) is 22.2 Å². The van der Waals surface area contributed by atoms with Crippen LogP contribution >= 0.6 is 0 Å². The molecule has 1 atom stereocenters. The second-order valence-electron chi connectivity index (χ2n) is 5.11. The predicted octanol–water partition coefficient (Wildman–Crippen LogP) is 2.52. The van der Waals surface area contributed by atoms with Crippen LogP contribution in [0.3, 0.4) is 0 Å². The highest BCUT2D eigenvalue weighted by Crippen LogP contribution is 2.19. The van der Waals surface area contributed by atoms with Crippen molar-refractivity contribution in [2.75, 3.05) is 0 Å². The number of benzene rings is 1. The molecule has 2 aromatic heterocycles. The van der Waals surface area contributed by atoms with Gasteiger partial charge < -0.3 is 5.73 Å². The maximum atomic E-state index is 6.29. The van der Waals surface area contributed by atoms with Crippen molar-refractivity contribution < 1.29 is 0 Å². The van der Waals surface area contributed by atoms with Crippen LogP contribution in [0.25, 0.3) is 10.9 Å². The topological polar surface area (TPSA) is 56.7 Å². The van der Waals surface area contributed by atoms with Gasteiger partial charge in [-0.2, -0.15) is 5.10 Å². The van der Waals surface area contributed by atoms with Crippen LogP contribution in [0.4, 0.5) is 0 Å². The molecule has 0 aliphatic heterocycles. The number of nitrogens with two attached hydrogens (primary N) is 1. The van der Waals surface area contributed by atoms with Gasteiger partial charge in [-0.3, -0.25) is 9.67 Å². The van der Waals surface area contributed by atoms with Gasteiger partial charge in [0.2, 0.25) is 0 Å². The van der Waals surface area contributed by atoms with E-state index in [1.165, 1.54) is 0 Å². The van der Waals surface area contributed by atoms with Crippen molar-refractivity contribution in [3.63, 3.8) is 0 Å². The summed E-state index contributed by atoms with van der Waals surface area (Å²) in [5, 5.41) is 5.40. The van der Waals surface area contributed by atoms with E-state index in [4.69, 9.17) is 5.73 Å². The summed E-state index contributed by atoms with van der Waals surface area (Å²) in [5.74, 6) is 0. The second kappa shape index (κ2) is 5.06. The molecule has 4 nitrogen and oxygen atoms in total. The first-order chi connectivity index (χ1) is 9.65. The summed E-state index contributed by atoms with van der Waals surface area (Å²) in [7, 11) is 1.93. The third-order valence-electron chi connectivity index (χ3n) is 3.76. The summed E-state index contributed by atoms with van der Waals surface area (Å²) < 4.78 is 1.85. The van der Waals surface area contributed by atoms with E-state index in [1.54, 1.807) is 0 Å². The molecule has 0 bridgehead atoms. The summed E-state index contributed by atoms with van der Waals surface area (Å²) in [6.07, 6.45) is 2.57. The Morgan fingerprint density at radius 1 is 1.20 bits per heavy atom. The number of rotatable bonds is 3. The van der Waals surface area contributed by atoms with Crippen molar-refractivity contribution in [3.8, 4) is 0 Å². The van der Waals surface area contributed by atoms with Crippen molar-refractivity contribution in [2.45, 2.75) is 19.4 Å². The van der Waals surface area contributed by atoms with Gasteiger partial charge in [-0.05, 0) is 19.1 Å². The van der Waals surface area contributed by atoms with Crippen LogP contribution in [0, 0.1) is 6.92 Å². The van der Waals surface area contributed by atoms with Gasteiger partial charge in [0.1, 0.15) is 0 Å². The lowest BCUT2D eigenvalue weighted by atomic mass is 10.0. The molecule has 0 spiro atoms. The molecule has 1 aromatic carbocycles. The third kappa shape index (κ3) is 2.30. The Hall–Kier alpha value is -2.20. The van der Waals surface area contributed by atoms with Gasteiger partial charge in [-0.25, -0.2) is 0 Å². The SMILES string of the molecule is Cc1c(C(N)Cc2ccc3ccccc3n2)cnn1C. The highest BCUT2D eigenvalue weighted by molar-refractivity contribution is 5.78. The minimum absolute atomic E-state index is 0.0719. The molecule has 2 N–H and O–H groups in total. The molecule has 4 heteroatoms. The number of hydrogen-bond acceptors (Lipinski definition) is 3. The van der Waals surface area contributed by atoms with E-state index in [0.717, 1.165) is 34.3 Å². The molecular weight excluding hydrogens is 248 g/mol. The maximum Gasteiger partial charge on any atom is 0.0705 e. The monoisotopic (exact) mass is 266 g/mol. The molecule has 20 heavy (non-hydrogen) atoms. The fourth-order valence-electron chi connectivity index (χ4n) is 2.44. The number of nitrogens with zero attached hydrogens (tertiary/aromatic N) is 3. The van der Waals surface area contributed by atoms with Gasteiger partial charge in [0.05, 0.1) is 11.7 Å². The fourth-order valence-corrected chi connectivity index (χ4v) is 2.44. The maximum absolute atomic E-state index is 6.29. The molecule has 0 aliphatic rings. The second-order valence-corrected chi connectivity index (χ2v) is 5.11. The Labute approximate surface area is 118 Å². The van der Waals surface area contributed by atoms with Gasteiger partial charge >= 0.3 is 0 Å². The standard InChI is InChI=1S/C16H18N4/c1-11-14(10-18-20(11)2)15(17)9-13-8-7-12-5-3-4-6-16(12)19-13/h3-8,10,15H,9,17H2,1-2H3. The van der Waals surface area contributed by atoms with E-state index >= 15 is 0 Å². The van der Waals surface area contributed by atoms with Gasteiger partial charge in [0.15, 0.2) is 0 Å². The first-order valence-corrected chi connectivity index (χ1v) is 6.74. The van der Waals surface area contributed by atoms with Gasteiger partial charge in [-0.1, -0.05) is 24.3 Å². The number of pyridine rings is 1. The Kier molecular flexibility index (Phi) is 3.24. The van der Waals surface area contributed by atoms with E-state index in [-0.39, 0.29) is 6.04 Å². The molecule has 2 heterocycles. The van der Waals surface area contributed by atoms with Gasteiger partial charge in [0.25, 0.3) is 0 Å². The minimum Gasteiger partial charge on any atom is -0.324 e. The van der Waals surface area contributed by atoms with Crippen molar-refractivity contribution in [1.82, 2.24) is 14.8 Å². The number of para-hydroxylation sites is 1. The van der Waals surface area contributed by atoms with Crippen LogP contribution in [0.1, 0.15) is 23.0 Å². The molecule has 0 amide bonds. The van der Waals surface area contributed by atoms with E-state index in [1.807, 2.05) is 49.1 Å². The van der Waals surface area contributed by atoms with Crippen LogP contribution in [0.2, 0.25) is 0 Å². The first-order valence-electron chi connectivity index (χ1n) is 6.74. The Bertz CT molecular complexity index is 745. The van der Waals surface area contributed by atoms with E-state index in [0.29, 0.717) is 0 Å². The van der Waals surface area contributed by atoms with Crippen LogP contribution in [0.5, 0.6) is 0 Å². The lowest BCUT2D eigenvalue weighted by Gasteiger charge is -2.11. The van der Waals surface area contributed by atoms with E-state index in [9.17, 15) is 0 Å². The van der Waals surface area contributed by atoms with Crippen molar-refractivity contribution >= 4 is 10.9 Å². The molecule has 0 saturated carbocycles. The summed E-state index contributed by atoms with van der Waals surface area (Å²) in [5.41, 5.74) is 10.5. The van der Waals surface area contributed by atoms with Gasteiger partial charge in [0, 0.05) is 41.8 Å². The smallest absolute Gasteiger partial charge is 0.0705 e. The predicted molar refractivity (Wildman–Crippen MR) is 80.3 cm³/mol. The minimum atomic E-state index is -0.0719. The largest absolute Gasteiger partial charge is 0.324 e. The van der Waals surface area contributed by atoms with Crippen LogP contribution < -0.4 is 5.73 Å². The molecule has 0 fully saturated rings. The summed E-state index contributed by atoms with van der Waals surface area (Å²) in [4.78, 5) is 4.67. The normalized spacial score (nSPS) is 12.8. The van der Waals surface area contributed by atoms with Gasteiger partial charge in [-0.15, -0.1) is 0 Å². The number of aryl methyl sites for hydroxylation is 1. The number of aromatic nitrogens is 3. The quantitative estimate of drug-likeness (QED) is 0.792. The van der Waals surface area contributed by atoms with Crippen molar-refractivity contribution in [2.24, 2.45) is 12.8 Å². The lowest BCUT2D eigenvalue weighted by Crippen LogP contribution is -2.15. The van der Waals surface area contributed by atoms with Crippen molar-refractivity contribution in [1.29, 1.82) is 0 Å². The molecule has 3 aromatic rings. The third-order valence-corrected chi connectivity index (χ3v) is 3.76. The van der Waals surface area contributed by atoms with E-state index < -0.39 is 0 Å². The highest BCUT2D eigenvalue weighted by atomic mass is 15.3. The highest BCUT2D eigenvalue weighted by Gasteiger charge is 2.13. The number of fused-ring (bicyclic) bond motifs is 1. The zero-order valence-corrected chi connectivity index (χ0v) is 11.7. The summed E-state index contributed by atoms with van der Waals surface area (Å²) in [6.45, 7) is 2.04.